The maximum atomic E-state index is 12.6. The summed E-state index contributed by atoms with van der Waals surface area (Å²) in [4.78, 5) is 19.9. The summed E-state index contributed by atoms with van der Waals surface area (Å²) < 4.78 is 0. The van der Waals surface area contributed by atoms with Crippen LogP contribution in [0.1, 0.15) is 30.6 Å². The minimum Gasteiger partial charge on any atom is -0.356 e. The van der Waals surface area contributed by atoms with E-state index in [0.29, 0.717) is 6.54 Å². The van der Waals surface area contributed by atoms with E-state index in [0.717, 1.165) is 44.6 Å². The predicted octanol–water partition coefficient (Wildman–Crippen LogP) is 2.72. The smallest absolute Gasteiger partial charge is 0.230 e. The number of amides is 1. The van der Waals surface area contributed by atoms with Crippen LogP contribution in [0.3, 0.4) is 0 Å². The van der Waals surface area contributed by atoms with Crippen LogP contribution in [0.25, 0.3) is 0 Å². The summed E-state index contributed by atoms with van der Waals surface area (Å²) in [6, 6.07) is 4.22. The molecule has 0 spiro atoms. The molecule has 136 valence electrons. The molecule has 1 amide bonds. The molecular formula is C17H29IN4OS. The zero-order valence-electron chi connectivity index (χ0n) is 14.8. The largest absolute Gasteiger partial charge is 0.356 e. The van der Waals surface area contributed by atoms with Crippen LogP contribution in [0.15, 0.2) is 22.5 Å². The number of guanidine groups is 1. The Kier molecular flexibility index (Phi) is 9.04. The predicted molar refractivity (Wildman–Crippen MR) is 112 cm³/mol. The molecule has 0 unspecified atom stereocenters. The quantitative estimate of drug-likeness (QED) is 0.387. The third kappa shape index (κ3) is 5.61. The van der Waals surface area contributed by atoms with E-state index >= 15 is 0 Å². The Balaban J connectivity index is 0.00000288. The van der Waals surface area contributed by atoms with Crippen molar-refractivity contribution in [1.82, 2.24) is 15.5 Å². The van der Waals surface area contributed by atoms with Crippen LogP contribution in [0.5, 0.6) is 0 Å². The van der Waals surface area contributed by atoms with Crippen molar-refractivity contribution in [3.05, 3.63) is 22.4 Å². The molecule has 0 radical (unpaired) electrons. The van der Waals surface area contributed by atoms with Crippen LogP contribution in [0, 0.1) is 5.41 Å². The van der Waals surface area contributed by atoms with Crippen LogP contribution in [-0.2, 0) is 11.2 Å². The molecule has 5 nitrogen and oxygen atoms in total. The van der Waals surface area contributed by atoms with Gasteiger partial charge in [-0.3, -0.25) is 9.79 Å². The van der Waals surface area contributed by atoms with Crippen LogP contribution in [-0.4, -0.2) is 51.0 Å². The Hall–Kier alpha value is -0.830. The lowest BCUT2D eigenvalue weighted by Gasteiger charge is -2.31. The number of carbonyl (C=O) groups is 1. The lowest BCUT2D eigenvalue weighted by atomic mass is 9.84. The first-order valence-corrected chi connectivity index (χ1v) is 9.14. The highest BCUT2D eigenvalue weighted by Crippen LogP contribution is 2.38. The maximum Gasteiger partial charge on any atom is 0.230 e. The number of hydrogen-bond acceptors (Lipinski definition) is 3. The normalized spacial score (nSPS) is 16.4. The molecule has 1 saturated carbocycles. The average molecular weight is 464 g/mol. The zero-order valence-corrected chi connectivity index (χ0v) is 17.9. The molecule has 24 heavy (non-hydrogen) atoms. The van der Waals surface area contributed by atoms with E-state index in [2.05, 4.69) is 33.1 Å². The molecule has 1 heterocycles. The van der Waals surface area contributed by atoms with Gasteiger partial charge in [-0.25, -0.2) is 0 Å². The highest BCUT2D eigenvalue weighted by Gasteiger charge is 2.42. The number of thiophene rings is 1. The van der Waals surface area contributed by atoms with E-state index in [1.54, 1.807) is 23.3 Å². The molecule has 1 aromatic heterocycles. The Morgan fingerprint density at radius 2 is 2.04 bits per heavy atom. The van der Waals surface area contributed by atoms with Gasteiger partial charge in [0.25, 0.3) is 0 Å². The number of nitrogens with one attached hydrogen (secondary N) is 2. The molecule has 1 aliphatic rings. The molecule has 1 fully saturated rings. The minimum absolute atomic E-state index is 0. The van der Waals surface area contributed by atoms with E-state index < -0.39 is 0 Å². The second-order valence-electron chi connectivity index (χ2n) is 6.37. The molecule has 2 rings (SSSR count). The molecule has 0 saturated heterocycles. The van der Waals surface area contributed by atoms with Crippen molar-refractivity contribution in [2.24, 2.45) is 10.4 Å². The third-order valence-electron chi connectivity index (χ3n) is 4.48. The summed E-state index contributed by atoms with van der Waals surface area (Å²) in [5.41, 5.74) is -0.269. The van der Waals surface area contributed by atoms with Gasteiger partial charge in [0, 0.05) is 39.1 Å². The molecule has 7 heteroatoms. The van der Waals surface area contributed by atoms with Crippen molar-refractivity contribution in [2.75, 3.05) is 34.2 Å². The topological polar surface area (TPSA) is 56.7 Å². The summed E-state index contributed by atoms with van der Waals surface area (Å²) in [6.45, 7) is 1.50. The van der Waals surface area contributed by atoms with Crippen molar-refractivity contribution < 1.29 is 4.79 Å². The fourth-order valence-electron chi connectivity index (χ4n) is 3.22. The number of hydrogen-bond donors (Lipinski definition) is 2. The Morgan fingerprint density at radius 1 is 1.33 bits per heavy atom. The molecule has 1 aromatic rings. The van der Waals surface area contributed by atoms with Crippen LogP contribution in [0.2, 0.25) is 0 Å². The van der Waals surface area contributed by atoms with Crippen LogP contribution in [0.4, 0.5) is 0 Å². The lowest BCUT2D eigenvalue weighted by molar-refractivity contribution is -0.138. The van der Waals surface area contributed by atoms with E-state index in [-0.39, 0.29) is 35.3 Å². The number of nitrogens with zero attached hydrogens (tertiary/aromatic N) is 2. The van der Waals surface area contributed by atoms with Gasteiger partial charge in [0.2, 0.25) is 5.91 Å². The summed E-state index contributed by atoms with van der Waals surface area (Å²) >= 11 is 1.77. The van der Waals surface area contributed by atoms with E-state index in [1.165, 1.54) is 4.88 Å². The number of halogens is 1. The molecule has 0 bridgehead atoms. The van der Waals surface area contributed by atoms with Gasteiger partial charge in [0.05, 0.1) is 5.41 Å². The maximum absolute atomic E-state index is 12.6. The van der Waals surface area contributed by atoms with Crippen molar-refractivity contribution in [2.45, 2.75) is 32.1 Å². The molecular weight excluding hydrogens is 435 g/mol. The summed E-state index contributed by atoms with van der Waals surface area (Å²) in [7, 11) is 5.46. The van der Waals surface area contributed by atoms with Crippen molar-refractivity contribution in [3.63, 3.8) is 0 Å². The lowest BCUT2D eigenvalue weighted by Crippen LogP contribution is -2.49. The molecule has 0 atom stereocenters. The highest BCUT2D eigenvalue weighted by molar-refractivity contribution is 14.0. The highest BCUT2D eigenvalue weighted by atomic mass is 127. The van der Waals surface area contributed by atoms with Crippen LogP contribution >= 0.6 is 35.3 Å². The van der Waals surface area contributed by atoms with E-state index in [1.807, 2.05) is 14.1 Å². The Bertz CT molecular complexity index is 525. The second kappa shape index (κ2) is 10.2. The Labute approximate surface area is 166 Å². The summed E-state index contributed by atoms with van der Waals surface area (Å²) in [5.74, 6) is 1.01. The van der Waals surface area contributed by atoms with Gasteiger partial charge in [0.15, 0.2) is 5.96 Å². The number of carbonyl (C=O) groups excluding carboxylic acids is 1. The van der Waals surface area contributed by atoms with Gasteiger partial charge in [-0.05, 0) is 30.7 Å². The molecule has 1 aliphatic carbocycles. The van der Waals surface area contributed by atoms with Crippen molar-refractivity contribution >= 4 is 47.2 Å². The standard InChI is InChI=1S/C17H28N4OS.HI/c1-18-16(19-11-8-14-7-6-12-23-14)20-13-17(9-4-5-10-17)15(22)21(2)3;/h6-7,12H,4-5,8-11,13H2,1-3H3,(H2,18,19,20);1H. The van der Waals surface area contributed by atoms with Crippen molar-refractivity contribution in [1.29, 1.82) is 0 Å². The van der Waals surface area contributed by atoms with E-state index in [4.69, 9.17) is 0 Å². The monoisotopic (exact) mass is 464 g/mol. The average Bonchev–Trinajstić information content (AvgIpc) is 3.22. The van der Waals surface area contributed by atoms with Gasteiger partial charge < -0.3 is 15.5 Å². The van der Waals surface area contributed by atoms with E-state index in [9.17, 15) is 4.79 Å². The first-order valence-electron chi connectivity index (χ1n) is 8.26. The molecule has 0 aliphatic heterocycles. The fraction of sp³-hybridized carbons (Fsp3) is 0.647. The fourth-order valence-corrected chi connectivity index (χ4v) is 3.93. The number of rotatable bonds is 6. The van der Waals surface area contributed by atoms with Crippen molar-refractivity contribution in [3.8, 4) is 0 Å². The van der Waals surface area contributed by atoms with Gasteiger partial charge in [-0.1, -0.05) is 18.9 Å². The first kappa shape index (κ1) is 21.2. The first-order chi connectivity index (χ1) is 11.1. The van der Waals surface area contributed by atoms with Crippen LogP contribution < -0.4 is 10.6 Å². The summed E-state index contributed by atoms with van der Waals surface area (Å²) in [5, 5.41) is 8.80. The number of aliphatic imine (C=N–C) groups is 1. The SMILES string of the molecule is CN=C(NCCc1cccs1)NCC1(C(=O)N(C)C)CCCC1.I. The third-order valence-corrected chi connectivity index (χ3v) is 5.42. The Morgan fingerprint density at radius 3 is 2.58 bits per heavy atom. The molecule has 2 N–H and O–H groups in total. The molecule has 0 aromatic carbocycles. The summed E-state index contributed by atoms with van der Waals surface area (Å²) in [6.07, 6.45) is 5.17. The minimum atomic E-state index is -0.269. The van der Waals surface area contributed by atoms with Gasteiger partial charge in [-0.15, -0.1) is 35.3 Å². The van der Waals surface area contributed by atoms with Gasteiger partial charge in [0.1, 0.15) is 0 Å². The second-order valence-corrected chi connectivity index (χ2v) is 7.40. The zero-order chi connectivity index (χ0) is 16.7. The van der Waals surface area contributed by atoms with Gasteiger partial charge >= 0.3 is 0 Å². The van der Waals surface area contributed by atoms with Gasteiger partial charge in [-0.2, -0.15) is 0 Å².